The van der Waals surface area contributed by atoms with Crippen LogP contribution in [0.2, 0.25) is 0 Å². The molecule has 1 atom stereocenters. The third-order valence-electron chi connectivity index (χ3n) is 2.66. The van der Waals surface area contributed by atoms with Crippen LogP contribution in [0.3, 0.4) is 0 Å². The van der Waals surface area contributed by atoms with Crippen LogP contribution < -0.4 is 5.73 Å². The Bertz CT molecular complexity index is 549. The zero-order chi connectivity index (χ0) is 12.6. The number of nitrogens with two attached hydrogens (primary N) is 1. The number of anilines is 1. The van der Waals surface area contributed by atoms with E-state index in [1.54, 1.807) is 19.9 Å². The minimum atomic E-state index is -0.476. The summed E-state index contributed by atoms with van der Waals surface area (Å²) < 4.78 is 28.2. The van der Waals surface area contributed by atoms with Crippen LogP contribution in [-0.2, 0) is 0 Å². The highest BCUT2D eigenvalue weighted by Crippen LogP contribution is 2.24. The lowest BCUT2D eigenvalue weighted by atomic mass is 10.1. The first-order valence-corrected chi connectivity index (χ1v) is 5.25. The highest BCUT2D eigenvalue weighted by molar-refractivity contribution is 5.33. The van der Waals surface area contributed by atoms with Crippen molar-refractivity contribution in [3.05, 3.63) is 47.2 Å². The molecule has 0 aliphatic heterocycles. The number of benzene rings is 1. The molecule has 1 unspecified atom stereocenters. The molecule has 17 heavy (non-hydrogen) atoms. The van der Waals surface area contributed by atoms with Crippen molar-refractivity contribution in [2.24, 2.45) is 0 Å². The predicted molar refractivity (Wildman–Crippen MR) is 61.5 cm³/mol. The fourth-order valence-corrected chi connectivity index (χ4v) is 1.81. The van der Waals surface area contributed by atoms with Gasteiger partial charge in [0.05, 0.1) is 11.7 Å². The van der Waals surface area contributed by atoms with Crippen molar-refractivity contribution in [1.29, 1.82) is 0 Å². The van der Waals surface area contributed by atoms with E-state index in [9.17, 15) is 8.78 Å². The summed E-state index contributed by atoms with van der Waals surface area (Å²) in [4.78, 5) is 0. The molecule has 3 nitrogen and oxygen atoms in total. The van der Waals surface area contributed by atoms with Crippen LogP contribution in [0, 0.1) is 18.6 Å². The van der Waals surface area contributed by atoms with Gasteiger partial charge in [-0.3, -0.25) is 0 Å². The molecule has 1 heterocycles. The minimum absolute atomic E-state index is 0.236. The standard InChI is InChI=1S/C12H13F2N3/c1-7-5-12(15)17(16-7)8(2)10-6-9(13)3-4-11(10)14/h3-6,8H,15H2,1-2H3. The largest absolute Gasteiger partial charge is 0.384 e. The number of halogens is 2. The van der Waals surface area contributed by atoms with Gasteiger partial charge in [-0.2, -0.15) is 5.10 Å². The van der Waals surface area contributed by atoms with Crippen LogP contribution in [-0.4, -0.2) is 9.78 Å². The Balaban J connectivity index is 2.46. The lowest BCUT2D eigenvalue weighted by Gasteiger charge is -2.15. The van der Waals surface area contributed by atoms with Gasteiger partial charge in [0.1, 0.15) is 17.5 Å². The lowest BCUT2D eigenvalue weighted by molar-refractivity contribution is 0.515. The van der Waals surface area contributed by atoms with Gasteiger partial charge in [0.25, 0.3) is 0 Å². The molecule has 0 saturated heterocycles. The van der Waals surface area contributed by atoms with Crippen LogP contribution in [0.5, 0.6) is 0 Å². The second-order valence-electron chi connectivity index (χ2n) is 4.00. The molecule has 5 heteroatoms. The van der Waals surface area contributed by atoms with Crippen molar-refractivity contribution in [3.63, 3.8) is 0 Å². The van der Waals surface area contributed by atoms with E-state index in [0.29, 0.717) is 5.82 Å². The zero-order valence-corrected chi connectivity index (χ0v) is 9.61. The van der Waals surface area contributed by atoms with E-state index in [1.165, 1.54) is 4.68 Å². The van der Waals surface area contributed by atoms with Crippen LogP contribution in [0.25, 0.3) is 0 Å². The minimum Gasteiger partial charge on any atom is -0.384 e. The summed E-state index contributed by atoms with van der Waals surface area (Å²) in [7, 11) is 0. The number of nitrogen functional groups attached to an aromatic ring is 1. The summed E-state index contributed by atoms with van der Waals surface area (Å²) in [5.41, 5.74) is 6.73. The molecule has 2 rings (SSSR count). The second kappa shape index (κ2) is 4.16. The summed E-state index contributed by atoms with van der Waals surface area (Å²) in [6, 6.07) is 4.60. The molecule has 0 amide bonds. The normalized spacial score (nSPS) is 12.7. The van der Waals surface area contributed by atoms with Crippen molar-refractivity contribution in [1.82, 2.24) is 9.78 Å². The number of aromatic nitrogens is 2. The highest BCUT2D eigenvalue weighted by Gasteiger charge is 2.16. The van der Waals surface area contributed by atoms with Crippen molar-refractivity contribution in [3.8, 4) is 0 Å². The molecule has 0 bridgehead atoms. The van der Waals surface area contributed by atoms with Crippen molar-refractivity contribution in [2.45, 2.75) is 19.9 Å². The second-order valence-corrected chi connectivity index (χ2v) is 4.00. The average molecular weight is 237 g/mol. The molecular weight excluding hydrogens is 224 g/mol. The molecule has 90 valence electrons. The van der Waals surface area contributed by atoms with E-state index in [4.69, 9.17) is 5.73 Å². The van der Waals surface area contributed by atoms with Gasteiger partial charge in [0, 0.05) is 11.6 Å². The lowest BCUT2D eigenvalue weighted by Crippen LogP contribution is -2.13. The maximum absolute atomic E-state index is 13.6. The molecule has 0 spiro atoms. The summed E-state index contributed by atoms with van der Waals surface area (Å²) >= 11 is 0. The van der Waals surface area contributed by atoms with E-state index in [2.05, 4.69) is 5.10 Å². The highest BCUT2D eigenvalue weighted by atomic mass is 19.1. The first kappa shape index (κ1) is 11.6. The number of hydrogen-bond donors (Lipinski definition) is 1. The van der Waals surface area contributed by atoms with E-state index < -0.39 is 17.7 Å². The molecule has 1 aromatic heterocycles. The fourth-order valence-electron chi connectivity index (χ4n) is 1.81. The zero-order valence-electron chi connectivity index (χ0n) is 9.61. The van der Waals surface area contributed by atoms with E-state index >= 15 is 0 Å². The first-order valence-electron chi connectivity index (χ1n) is 5.25. The Kier molecular flexibility index (Phi) is 2.83. The van der Waals surface area contributed by atoms with Gasteiger partial charge in [0.2, 0.25) is 0 Å². The Labute approximate surface area is 97.9 Å². The number of aryl methyl sites for hydroxylation is 1. The molecule has 0 saturated carbocycles. The van der Waals surface area contributed by atoms with Gasteiger partial charge in [-0.25, -0.2) is 13.5 Å². The quantitative estimate of drug-likeness (QED) is 0.872. The molecule has 2 N–H and O–H groups in total. The SMILES string of the molecule is Cc1cc(N)n(C(C)c2cc(F)ccc2F)n1. The Morgan fingerprint density at radius 1 is 1.29 bits per heavy atom. The van der Waals surface area contributed by atoms with Gasteiger partial charge < -0.3 is 5.73 Å². The molecule has 0 fully saturated rings. The molecule has 0 radical (unpaired) electrons. The van der Waals surface area contributed by atoms with Crippen LogP contribution >= 0.6 is 0 Å². The van der Waals surface area contributed by atoms with E-state index in [-0.39, 0.29) is 5.56 Å². The number of hydrogen-bond acceptors (Lipinski definition) is 2. The number of nitrogens with zero attached hydrogens (tertiary/aromatic N) is 2. The van der Waals surface area contributed by atoms with Crippen molar-refractivity contribution < 1.29 is 8.78 Å². The molecule has 0 aliphatic carbocycles. The summed E-state index contributed by atoms with van der Waals surface area (Å²) in [5, 5.41) is 4.16. The molecular formula is C12H13F2N3. The van der Waals surface area contributed by atoms with Gasteiger partial charge in [0.15, 0.2) is 0 Å². The third-order valence-corrected chi connectivity index (χ3v) is 2.66. The van der Waals surface area contributed by atoms with Gasteiger partial charge in [-0.15, -0.1) is 0 Å². The molecule has 1 aromatic carbocycles. The maximum Gasteiger partial charge on any atom is 0.128 e. The monoisotopic (exact) mass is 237 g/mol. The van der Waals surface area contributed by atoms with Gasteiger partial charge >= 0.3 is 0 Å². The summed E-state index contributed by atoms with van der Waals surface area (Å²) in [6.07, 6.45) is 0. The fraction of sp³-hybridized carbons (Fsp3) is 0.250. The predicted octanol–water partition coefficient (Wildman–Crippen LogP) is 2.66. The summed E-state index contributed by atoms with van der Waals surface area (Å²) in [5.74, 6) is -0.513. The van der Waals surface area contributed by atoms with Crippen LogP contribution in [0.15, 0.2) is 24.3 Å². The Morgan fingerprint density at radius 3 is 2.59 bits per heavy atom. The molecule has 2 aromatic rings. The van der Waals surface area contributed by atoms with Gasteiger partial charge in [-0.05, 0) is 32.0 Å². The average Bonchev–Trinajstić information content (AvgIpc) is 2.60. The topological polar surface area (TPSA) is 43.8 Å². The molecule has 0 aliphatic rings. The van der Waals surface area contributed by atoms with Gasteiger partial charge in [-0.1, -0.05) is 0 Å². The first-order chi connectivity index (χ1) is 7.99. The maximum atomic E-state index is 13.6. The number of rotatable bonds is 2. The summed E-state index contributed by atoms with van der Waals surface area (Å²) in [6.45, 7) is 3.52. The van der Waals surface area contributed by atoms with E-state index in [1.807, 2.05) is 0 Å². The van der Waals surface area contributed by atoms with Crippen molar-refractivity contribution in [2.75, 3.05) is 5.73 Å². The van der Waals surface area contributed by atoms with Crippen LogP contribution in [0.4, 0.5) is 14.6 Å². The third kappa shape index (κ3) is 2.13. The Hall–Kier alpha value is -1.91. The smallest absolute Gasteiger partial charge is 0.128 e. The van der Waals surface area contributed by atoms with Crippen molar-refractivity contribution >= 4 is 5.82 Å². The van der Waals surface area contributed by atoms with E-state index in [0.717, 1.165) is 23.9 Å². The van der Waals surface area contributed by atoms with Crippen LogP contribution in [0.1, 0.15) is 24.2 Å². The Morgan fingerprint density at radius 2 is 2.00 bits per heavy atom.